The van der Waals surface area contributed by atoms with Gasteiger partial charge in [0.2, 0.25) is 0 Å². The largest absolute Gasteiger partial charge is 0.489 e. The van der Waals surface area contributed by atoms with Crippen LogP contribution in [0.15, 0.2) is 42.7 Å². The van der Waals surface area contributed by atoms with Crippen LogP contribution in [0.1, 0.15) is 5.56 Å². The molecule has 0 atom stereocenters. The van der Waals surface area contributed by atoms with E-state index in [-0.39, 0.29) is 0 Å². The standard InChI is InChI=1S/C12H9ClNO/c13-11-6-10(7-14-8-11)9-15-12-4-2-1-3-5-12/h2-8H,9H2. The number of hydrogen-bond donors (Lipinski definition) is 0. The lowest BCUT2D eigenvalue weighted by atomic mass is 10.3. The van der Waals surface area contributed by atoms with Crippen molar-refractivity contribution >= 4 is 11.6 Å². The molecule has 0 aliphatic carbocycles. The van der Waals surface area contributed by atoms with Gasteiger partial charge in [-0.2, -0.15) is 0 Å². The van der Waals surface area contributed by atoms with E-state index in [9.17, 15) is 0 Å². The second-order valence-corrected chi connectivity index (χ2v) is 3.47. The van der Waals surface area contributed by atoms with E-state index in [0.29, 0.717) is 11.6 Å². The molecule has 0 aliphatic heterocycles. The van der Waals surface area contributed by atoms with E-state index in [0.717, 1.165) is 11.3 Å². The molecule has 2 rings (SSSR count). The Morgan fingerprint density at radius 3 is 2.80 bits per heavy atom. The van der Waals surface area contributed by atoms with Crippen molar-refractivity contribution in [3.8, 4) is 5.75 Å². The summed E-state index contributed by atoms with van der Waals surface area (Å²) >= 11 is 5.80. The number of ether oxygens (including phenoxy) is 1. The molecule has 1 heterocycles. The monoisotopic (exact) mass is 218 g/mol. The molecule has 0 amide bonds. The van der Waals surface area contributed by atoms with E-state index >= 15 is 0 Å². The molecular formula is C12H9ClNO. The Balaban J connectivity index is 1.99. The van der Waals surface area contributed by atoms with Crippen molar-refractivity contribution in [2.45, 2.75) is 6.61 Å². The van der Waals surface area contributed by atoms with Crippen molar-refractivity contribution in [1.82, 2.24) is 4.98 Å². The first-order valence-corrected chi connectivity index (χ1v) is 4.91. The van der Waals surface area contributed by atoms with Gasteiger partial charge in [0, 0.05) is 18.0 Å². The van der Waals surface area contributed by atoms with Gasteiger partial charge in [-0.3, -0.25) is 4.98 Å². The molecule has 0 saturated carbocycles. The molecule has 0 aliphatic rings. The third kappa shape index (κ3) is 2.96. The highest BCUT2D eigenvalue weighted by Crippen LogP contribution is 2.13. The van der Waals surface area contributed by atoms with Crippen molar-refractivity contribution in [3.05, 3.63) is 59.4 Å². The van der Waals surface area contributed by atoms with E-state index in [4.69, 9.17) is 16.3 Å². The Morgan fingerprint density at radius 2 is 2.07 bits per heavy atom. The topological polar surface area (TPSA) is 22.1 Å². The molecule has 2 nitrogen and oxygen atoms in total. The molecule has 2 aromatic rings. The predicted molar refractivity (Wildman–Crippen MR) is 58.9 cm³/mol. The molecule has 0 saturated heterocycles. The Hall–Kier alpha value is -1.54. The average molecular weight is 219 g/mol. The molecular weight excluding hydrogens is 210 g/mol. The van der Waals surface area contributed by atoms with Crippen LogP contribution in [0.2, 0.25) is 5.02 Å². The van der Waals surface area contributed by atoms with Crippen LogP contribution in [-0.4, -0.2) is 4.98 Å². The third-order valence-electron chi connectivity index (χ3n) is 1.85. The summed E-state index contributed by atoms with van der Waals surface area (Å²) in [5.41, 5.74) is 0.954. The number of benzene rings is 1. The first-order valence-electron chi connectivity index (χ1n) is 4.53. The smallest absolute Gasteiger partial charge is 0.119 e. The Labute approximate surface area is 93.5 Å². The number of hydrogen-bond acceptors (Lipinski definition) is 2. The van der Waals surface area contributed by atoms with Gasteiger partial charge in [0.25, 0.3) is 0 Å². The number of nitrogens with zero attached hydrogens (tertiary/aromatic N) is 1. The van der Waals surface area contributed by atoms with Gasteiger partial charge < -0.3 is 4.74 Å². The van der Waals surface area contributed by atoms with Crippen LogP contribution >= 0.6 is 11.6 Å². The Morgan fingerprint density at radius 1 is 1.27 bits per heavy atom. The van der Waals surface area contributed by atoms with Gasteiger partial charge >= 0.3 is 0 Å². The van der Waals surface area contributed by atoms with E-state index in [1.165, 1.54) is 0 Å². The Bertz CT molecular complexity index is 431. The van der Waals surface area contributed by atoms with Crippen molar-refractivity contribution < 1.29 is 4.74 Å². The van der Waals surface area contributed by atoms with Gasteiger partial charge in [-0.1, -0.05) is 23.7 Å². The summed E-state index contributed by atoms with van der Waals surface area (Å²) < 4.78 is 5.53. The first kappa shape index (κ1) is 9.99. The summed E-state index contributed by atoms with van der Waals surface area (Å²) in [6.45, 7) is 0.470. The van der Waals surface area contributed by atoms with Gasteiger partial charge in [0.1, 0.15) is 12.4 Å². The molecule has 0 fully saturated rings. The normalized spacial score (nSPS) is 9.93. The molecule has 0 spiro atoms. The van der Waals surface area contributed by atoms with Crippen molar-refractivity contribution in [3.63, 3.8) is 0 Å². The number of pyridine rings is 1. The first-order chi connectivity index (χ1) is 7.34. The van der Waals surface area contributed by atoms with Crippen molar-refractivity contribution in [1.29, 1.82) is 0 Å². The minimum atomic E-state index is 0.470. The van der Waals surface area contributed by atoms with E-state index in [1.54, 1.807) is 12.4 Å². The van der Waals surface area contributed by atoms with E-state index in [2.05, 4.69) is 11.1 Å². The maximum absolute atomic E-state index is 5.80. The van der Waals surface area contributed by atoms with Gasteiger partial charge in [0.15, 0.2) is 0 Å². The summed E-state index contributed by atoms with van der Waals surface area (Å²) in [5.74, 6) is 0.814. The van der Waals surface area contributed by atoms with Gasteiger partial charge in [-0.05, 0) is 24.3 Å². The van der Waals surface area contributed by atoms with Crippen LogP contribution in [0.3, 0.4) is 0 Å². The van der Waals surface area contributed by atoms with Crippen molar-refractivity contribution in [2.24, 2.45) is 0 Å². The second kappa shape index (κ2) is 4.80. The molecule has 3 heteroatoms. The molecule has 15 heavy (non-hydrogen) atoms. The zero-order valence-electron chi connectivity index (χ0n) is 7.98. The minimum absolute atomic E-state index is 0.470. The summed E-state index contributed by atoms with van der Waals surface area (Å²) in [4.78, 5) is 3.98. The summed E-state index contributed by atoms with van der Waals surface area (Å²) in [6.07, 6.45) is 3.34. The second-order valence-electron chi connectivity index (χ2n) is 3.04. The third-order valence-corrected chi connectivity index (χ3v) is 2.06. The van der Waals surface area contributed by atoms with Crippen LogP contribution in [0, 0.1) is 6.07 Å². The summed E-state index contributed by atoms with van der Waals surface area (Å²) in [5, 5.41) is 0.623. The fourth-order valence-corrected chi connectivity index (χ4v) is 1.37. The maximum atomic E-state index is 5.80. The van der Waals surface area contributed by atoms with Crippen LogP contribution in [-0.2, 0) is 6.61 Å². The van der Waals surface area contributed by atoms with Gasteiger partial charge in [0.05, 0.1) is 5.02 Å². The molecule has 1 aromatic carbocycles. The SMILES string of the molecule is Clc1cncc(COc2cc[c]cc2)c1. The molecule has 1 radical (unpaired) electrons. The molecule has 0 bridgehead atoms. The quantitative estimate of drug-likeness (QED) is 0.790. The minimum Gasteiger partial charge on any atom is -0.489 e. The summed E-state index contributed by atoms with van der Waals surface area (Å²) in [7, 11) is 0. The number of halogens is 1. The molecule has 1 aromatic heterocycles. The highest BCUT2D eigenvalue weighted by molar-refractivity contribution is 6.30. The number of rotatable bonds is 3. The lowest BCUT2D eigenvalue weighted by Gasteiger charge is -2.05. The zero-order chi connectivity index (χ0) is 10.5. The summed E-state index contributed by atoms with van der Waals surface area (Å²) in [6, 6.07) is 12.1. The van der Waals surface area contributed by atoms with Gasteiger partial charge in [-0.25, -0.2) is 0 Å². The highest BCUT2D eigenvalue weighted by atomic mass is 35.5. The van der Waals surface area contributed by atoms with Gasteiger partial charge in [-0.15, -0.1) is 0 Å². The van der Waals surface area contributed by atoms with Crippen LogP contribution < -0.4 is 4.74 Å². The molecule has 0 N–H and O–H groups in total. The maximum Gasteiger partial charge on any atom is 0.119 e. The van der Waals surface area contributed by atoms with Crippen LogP contribution in [0.25, 0.3) is 0 Å². The lowest BCUT2D eigenvalue weighted by molar-refractivity contribution is 0.306. The fraction of sp³-hybridized carbons (Fsp3) is 0.0833. The molecule has 75 valence electrons. The average Bonchev–Trinajstić information content (AvgIpc) is 2.28. The zero-order valence-corrected chi connectivity index (χ0v) is 8.74. The molecule has 0 unspecified atom stereocenters. The van der Waals surface area contributed by atoms with Crippen molar-refractivity contribution in [2.75, 3.05) is 0 Å². The Kier molecular flexibility index (Phi) is 3.20. The number of aromatic nitrogens is 1. The van der Waals surface area contributed by atoms with Crippen LogP contribution in [0.4, 0.5) is 0 Å². The highest BCUT2D eigenvalue weighted by Gasteiger charge is 1.96. The van der Waals surface area contributed by atoms with E-state index < -0.39 is 0 Å². The fourth-order valence-electron chi connectivity index (χ4n) is 1.17. The lowest BCUT2D eigenvalue weighted by Crippen LogP contribution is -1.95. The predicted octanol–water partition coefficient (Wildman–Crippen LogP) is 3.11. The van der Waals surface area contributed by atoms with Crippen LogP contribution in [0.5, 0.6) is 5.75 Å². The van der Waals surface area contributed by atoms with E-state index in [1.807, 2.05) is 30.3 Å².